The number of carbonyl (C=O) groups is 1. The number of amides is 2. The molecule has 1 atom stereocenters. The highest BCUT2D eigenvalue weighted by Gasteiger charge is 2.18. The van der Waals surface area contributed by atoms with E-state index in [1.54, 1.807) is 36.5 Å². The Balaban J connectivity index is 1.34. The summed E-state index contributed by atoms with van der Waals surface area (Å²) in [5, 5.41) is 6.71. The molecule has 2 aromatic carbocycles. The number of aromatic nitrogens is 1. The summed E-state index contributed by atoms with van der Waals surface area (Å²) in [7, 11) is 0. The molecule has 32 heavy (non-hydrogen) atoms. The van der Waals surface area contributed by atoms with E-state index in [4.69, 9.17) is 21.1 Å². The number of ether oxygens (including phenoxy) is 2. The van der Waals surface area contributed by atoms with Crippen molar-refractivity contribution in [3.63, 3.8) is 0 Å². The van der Waals surface area contributed by atoms with Gasteiger partial charge in [-0.05, 0) is 43.3 Å². The van der Waals surface area contributed by atoms with Crippen LogP contribution in [-0.4, -0.2) is 54.8 Å². The predicted molar refractivity (Wildman–Crippen MR) is 122 cm³/mol. The van der Waals surface area contributed by atoms with Crippen LogP contribution in [-0.2, 0) is 4.74 Å². The van der Waals surface area contributed by atoms with Crippen LogP contribution in [0.3, 0.4) is 0 Å². The Morgan fingerprint density at radius 2 is 2.16 bits per heavy atom. The van der Waals surface area contributed by atoms with Crippen molar-refractivity contribution in [3.05, 3.63) is 59.5 Å². The van der Waals surface area contributed by atoms with E-state index in [-0.39, 0.29) is 5.75 Å². The highest BCUT2D eigenvalue weighted by atomic mass is 35.5. The number of morpholine rings is 1. The van der Waals surface area contributed by atoms with E-state index >= 15 is 0 Å². The number of nitrogens with one attached hydrogen (secondary N) is 2. The monoisotopic (exact) mass is 458 g/mol. The number of halogens is 2. The van der Waals surface area contributed by atoms with Gasteiger partial charge in [-0.3, -0.25) is 9.88 Å². The first-order chi connectivity index (χ1) is 15.5. The van der Waals surface area contributed by atoms with Crippen LogP contribution in [0, 0.1) is 5.82 Å². The van der Waals surface area contributed by atoms with Gasteiger partial charge < -0.3 is 20.1 Å². The number of benzene rings is 2. The number of urea groups is 1. The number of hydrogen-bond acceptors (Lipinski definition) is 5. The summed E-state index contributed by atoms with van der Waals surface area (Å²) in [4.78, 5) is 18.7. The molecule has 1 fully saturated rings. The van der Waals surface area contributed by atoms with E-state index in [9.17, 15) is 9.18 Å². The fourth-order valence-corrected chi connectivity index (χ4v) is 3.71. The molecule has 2 N–H and O–H groups in total. The molecule has 2 heterocycles. The zero-order valence-electron chi connectivity index (χ0n) is 17.6. The third-order valence-electron chi connectivity index (χ3n) is 5.26. The molecular formula is C23H24ClFN4O3. The van der Waals surface area contributed by atoms with Gasteiger partial charge in [0, 0.05) is 54.0 Å². The maximum absolute atomic E-state index is 14.6. The lowest BCUT2D eigenvalue weighted by Gasteiger charge is -2.33. The second-order valence-electron chi connectivity index (χ2n) is 7.56. The minimum Gasteiger partial charge on any atom is -0.454 e. The summed E-state index contributed by atoms with van der Waals surface area (Å²) in [5.41, 5.74) is 0.982. The third kappa shape index (κ3) is 5.45. The van der Waals surface area contributed by atoms with Crippen LogP contribution in [0.25, 0.3) is 10.9 Å². The van der Waals surface area contributed by atoms with E-state index in [0.29, 0.717) is 53.2 Å². The van der Waals surface area contributed by atoms with E-state index < -0.39 is 11.8 Å². The fraction of sp³-hybridized carbons (Fsp3) is 0.304. The van der Waals surface area contributed by atoms with Crippen LogP contribution in [0.4, 0.5) is 14.9 Å². The molecular weight excluding hydrogens is 435 g/mol. The zero-order chi connectivity index (χ0) is 22.5. The molecule has 0 saturated carbocycles. The summed E-state index contributed by atoms with van der Waals surface area (Å²) < 4.78 is 25.8. The Kier molecular flexibility index (Phi) is 7.04. The van der Waals surface area contributed by atoms with Gasteiger partial charge in [0.05, 0.1) is 18.7 Å². The number of pyridine rings is 1. The van der Waals surface area contributed by atoms with Crippen molar-refractivity contribution in [2.45, 2.75) is 13.0 Å². The molecule has 1 aromatic heterocycles. The molecule has 0 radical (unpaired) electrons. The van der Waals surface area contributed by atoms with Gasteiger partial charge in [-0.25, -0.2) is 9.18 Å². The maximum Gasteiger partial charge on any atom is 0.319 e. The molecule has 1 aliphatic rings. The number of rotatable bonds is 6. The normalized spacial score (nSPS) is 16.7. The minimum atomic E-state index is -0.594. The van der Waals surface area contributed by atoms with E-state index in [1.165, 1.54) is 12.1 Å². The lowest BCUT2D eigenvalue weighted by Crippen LogP contribution is -2.47. The quantitative estimate of drug-likeness (QED) is 0.561. The molecule has 0 spiro atoms. The van der Waals surface area contributed by atoms with Gasteiger partial charge in [0.15, 0.2) is 11.6 Å². The van der Waals surface area contributed by atoms with Gasteiger partial charge in [0.2, 0.25) is 0 Å². The molecule has 1 saturated heterocycles. The molecule has 7 nitrogen and oxygen atoms in total. The molecule has 0 bridgehead atoms. The van der Waals surface area contributed by atoms with Crippen molar-refractivity contribution in [3.8, 4) is 11.5 Å². The van der Waals surface area contributed by atoms with Crippen molar-refractivity contribution in [2.24, 2.45) is 0 Å². The molecule has 3 aromatic rings. The average molecular weight is 459 g/mol. The van der Waals surface area contributed by atoms with Crippen LogP contribution >= 0.6 is 11.6 Å². The molecule has 9 heteroatoms. The molecule has 4 rings (SSSR count). The topological polar surface area (TPSA) is 75.7 Å². The smallest absolute Gasteiger partial charge is 0.319 e. The average Bonchev–Trinajstić information content (AvgIpc) is 2.77. The van der Waals surface area contributed by atoms with Crippen molar-refractivity contribution in [1.82, 2.24) is 15.2 Å². The lowest BCUT2D eigenvalue weighted by atomic mass is 10.2. The zero-order valence-corrected chi connectivity index (χ0v) is 18.4. The summed E-state index contributed by atoms with van der Waals surface area (Å²) in [5.74, 6) is -0.0926. The SMILES string of the molecule is CC1COCCN1CCNC(=O)Nc1ccc(Oc2ccnc3cc(Cl)ccc23)c(F)c1. The van der Waals surface area contributed by atoms with Crippen molar-refractivity contribution in [2.75, 3.05) is 38.2 Å². The number of fused-ring (bicyclic) bond motifs is 1. The standard InChI is InChI=1S/C23H24ClFN4O3/c1-15-14-31-11-10-29(15)9-8-27-23(30)28-17-3-5-22(19(25)13-17)32-21-6-7-26-20-12-16(24)2-4-18(20)21/h2-7,12-13,15H,8-11,14H2,1H3,(H2,27,28,30). The van der Waals surface area contributed by atoms with Crippen LogP contribution in [0.1, 0.15) is 6.92 Å². The summed E-state index contributed by atoms with van der Waals surface area (Å²) in [6, 6.07) is 11.1. The maximum atomic E-state index is 14.6. The predicted octanol–water partition coefficient (Wildman–Crippen LogP) is 4.66. The second-order valence-corrected chi connectivity index (χ2v) is 8.00. The van der Waals surface area contributed by atoms with Gasteiger partial charge in [-0.2, -0.15) is 0 Å². The summed E-state index contributed by atoms with van der Waals surface area (Å²) >= 11 is 6.01. The van der Waals surface area contributed by atoms with Gasteiger partial charge in [-0.15, -0.1) is 0 Å². The van der Waals surface area contributed by atoms with Crippen LogP contribution in [0.5, 0.6) is 11.5 Å². The molecule has 2 amide bonds. The van der Waals surface area contributed by atoms with Crippen LogP contribution in [0.15, 0.2) is 48.7 Å². The van der Waals surface area contributed by atoms with Gasteiger partial charge in [0.25, 0.3) is 0 Å². The first-order valence-corrected chi connectivity index (χ1v) is 10.8. The Bertz CT molecular complexity index is 1110. The van der Waals surface area contributed by atoms with Gasteiger partial charge in [-0.1, -0.05) is 11.6 Å². The van der Waals surface area contributed by atoms with Crippen molar-refractivity contribution >= 4 is 34.2 Å². The van der Waals surface area contributed by atoms with E-state index in [2.05, 4.69) is 27.4 Å². The summed E-state index contributed by atoms with van der Waals surface area (Å²) in [6.45, 7) is 5.55. The fourth-order valence-electron chi connectivity index (χ4n) is 3.55. The third-order valence-corrected chi connectivity index (χ3v) is 5.50. The van der Waals surface area contributed by atoms with E-state index in [0.717, 1.165) is 13.1 Å². The van der Waals surface area contributed by atoms with Gasteiger partial charge in [0.1, 0.15) is 5.75 Å². The van der Waals surface area contributed by atoms with Crippen molar-refractivity contribution in [1.29, 1.82) is 0 Å². The van der Waals surface area contributed by atoms with Crippen LogP contribution < -0.4 is 15.4 Å². The minimum absolute atomic E-state index is 0.0414. The molecule has 1 unspecified atom stereocenters. The second kappa shape index (κ2) is 10.1. The Morgan fingerprint density at radius 3 is 2.97 bits per heavy atom. The van der Waals surface area contributed by atoms with E-state index in [1.807, 2.05) is 0 Å². The highest BCUT2D eigenvalue weighted by molar-refractivity contribution is 6.31. The Hall–Kier alpha value is -2.94. The van der Waals surface area contributed by atoms with Crippen molar-refractivity contribution < 1.29 is 18.7 Å². The first-order valence-electron chi connectivity index (χ1n) is 10.4. The highest BCUT2D eigenvalue weighted by Crippen LogP contribution is 2.32. The van der Waals surface area contributed by atoms with Crippen LogP contribution in [0.2, 0.25) is 5.02 Å². The Morgan fingerprint density at radius 1 is 1.28 bits per heavy atom. The number of anilines is 1. The molecule has 1 aliphatic heterocycles. The number of nitrogens with zero attached hydrogens (tertiary/aromatic N) is 2. The molecule has 0 aliphatic carbocycles. The number of hydrogen-bond donors (Lipinski definition) is 2. The number of carbonyl (C=O) groups excluding carboxylic acids is 1. The lowest BCUT2D eigenvalue weighted by molar-refractivity contribution is 0.000774. The Labute approximate surface area is 190 Å². The van der Waals surface area contributed by atoms with Gasteiger partial charge >= 0.3 is 6.03 Å². The first kappa shape index (κ1) is 22.3. The molecule has 168 valence electrons. The summed E-state index contributed by atoms with van der Waals surface area (Å²) in [6.07, 6.45) is 1.57. The largest absolute Gasteiger partial charge is 0.454 e.